The second-order valence-corrected chi connectivity index (χ2v) is 5.40. The molecular weight excluding hydrogens is 242 g/mol. The zero-order chi connectivity index (χ0) is 14.5. The largest absolute Gasteiger partial charge is 0.496 e. The van der Waals surface area contributed by atoms with Crippen LogP contribution in [-0.4, -0.2) is 30.3 Å². The van der Waals surface area contributed by atoms with E-state index < -0.39 is 5.54 Å². The molecule has 0 spiro atoms. The molecule has 0 radical (unpaired) electrons. The van der Waals surface area contributed by atoms with Gasteiger partial charge in [0.15, 0.2) is 0 Å². The lowest BCUT2D eigenvalue weighted by Gasteiger charge is -2.25. The highest BCUT2D eigenvalue weighted by atomic mass is 16.5. The molecule has 0 aliphatic heterocycles. The van der Waals surface area contributed by atoms with Crippen molar-refractivity contribution in [1.29, 1.82) is 0 Å². The molecule has 0 unspecified atom stereocenters. The number of benzene rings is 1. The standard InChI is InChI=1S/C15H23NO3/c1-11-5-6-13(19-4)12(9-11)10-14(18)16-15(2,3)7-8-17/h5-6,9,17H,7-8,10H2,1-4H3,(H,16,18). The van der Waals surface area contributed by atoms with Crippen LogP contribution >= 0.6 is 0 Å². The third-order valence-electron chi connectivity index (χ3n) is 3.00. The molecule has 106 valence electrons. The average molecular weight is 265 g/mol. The van der Waals surface area contributed by atoms with Gasteiger partial charge in [-0.25, -0.2) is 0 Å². The Morgan fingerprint density at radius 1 is 1.42 bits per heavy atom. The van der Waals surface area contributed by atoms with E-state index in [0.29, 0.717) is 6.42 Å². The van der Waals surface area contributed by atoms with E-state index >= 15 is 0 Å². The van der Waals surface area contributed by atoms with E-state index in [2.05, 4.69) is 5.32 Å². The van der Waals surface area contributed by atoms with Gasteiger partial charge in [0.2, 0.25) is 5.91 Å². The lowest BCUT2D eigenvalue weighted by molar-refractivity contribution is -0.122. The van der Waals surface area contributed by atoms with Gasteiger partial charge in [-0.15, -0.1) is 0 Å². The smallest absolute Gasteiger partial charge is 0.224 e. The highest BCUT2D eigenvalue weighted by Crippen LogP contribution is 2.20. The summed E-state index contributed by atoms with van der Waals surface area (Å²) in [6.45, 7) is 5.83. The number of carbonyl (C=O) groups is 1. The summed E-state index contributed by atoms with van der Waals surface area (Å²) in [5.74, 6) is 0.656. The van der Waals surface area contributed by atoms with Crippen molar-refractivity contribution in [3.8, 4) is 5.75 Å². The van der Waals surface area contributed by atoms with Gasteiger partial charge in [-0.1, -0.05) is 17.7 Å². The normalized spacial score (nSPS) is 11.2. The van der Waals surface area contributed by atoms with Crippen molar-refractivity contribution < 1.29 is 14.6 Å². The van der Waals surface area contributed by atoms with E-state index in [-0.39, 0.29) is 18.9 Å². The van der Waals surface area contributed by atoms with Crippen molar-refractivity contribution >= 4 is 5.91 Å². The van der Waals surface area contributed by atoms with Crippen LogP contribution < -0.4 is 10.1 Å². The molecule has 0 aliphatic carbocycles. The minimum Gasteiger partial charge on any atom is -0.496 e. The van der Waals surface area contributed by atoms with Gasteiger partial charge >= 0.3 is 0 Å². The summed E-state index contributed by atoms with van der Waals surface area (Å²) < 4.78 is 5.26. The number of carbonyl (C=O) groups excluding carboxylic acids is 1. The van der Waals surface area contributed by atoms with Crippen molar-refractivity contribution in [1.82, 2.24) is 5.32 Å². The Morgan fingerprint density at radius 2 is 2.11 bits per heavy atom. The second kappa shape index (κ2) is 6.57. The summed E-state index contributed by atoms with van der Waals surface area (Å²) in [6, 6.07) is 5.78. The van der Waals surface area contributed by atoms with Gasteiger partial charge in [-0.05, 0) is 33.3 Å². The summed E-state index contributed by atoms with van der Waals surface area (Å²) >= 11 is 0. The Labute approximate surface area is 114 Å². The van der Waals surface area contributed by atoms with Gasteiger partial charge in [-0.2, -0.15) is 0 Å². The predicted molar refractivity (Wildman–Crippen MR) is 75.4 cm³/mol. The van der Waals surface area contributed by atoms with Crippen LogP contribution in [0.3, 0.4) is 0 Å². The number of amides is 1. The van der Waals surface area contributed by atoms with Crippen LogP contribution in [0.1, 0.15) is 31.4 Å². The Bertz CT molecular complexity index is 441. The van der Waals surface area contributed by atoms with Crippen molar-refractivity contribution in [2.75, 3.05) is 13.7 Å². The van der Waals surface area contributed by atoms with Crippen LogP contribution in [0.25, 0.3) is 0 Å². The fraction of sp³-hybridized carbons (Fsp3) is 0.533. The lowest BCUT2D eigenvalue weighted by Crippen LogP contribution is -2.44. The molecular formula is C15H23NO3. The third kappa shape index (κ3) is 4.91. The van der Waals surface area contributed by atoms with Gasteiger partial charge in [0.25, 0.3) is 0 Å². The Morgan fingerprint density at radius 3 is 2.68 bits per heavy atom. The molecule has 1 amide bonds. The molecule has 4 heteroatoms. The van der Waals surface area contributed by atoms with E-state index in [4.69, 9.17) is 9.84 Å². The number of aliphatic hydroxyl groups is 1. The number of aryl methyl sites for hydroxylation is 1. The zero-order valence-corrected chi connectivity index (χ0v) is 12.1. The van der Waals surface area contributed by atoms with Crippen LogP contribution in [0.15, 0.2) is 18.2 Å². The number of aliphatic hydroxyl groups excluding tert-OH is 1. The number of hydrogen-bond acceptors (Lipinski definition) is 3. The van der Waals surface area contributed by atoms with Crippen LogP contribution in [0.4, 0.5) is 0 Å². The third-order valence-corrected chi connectivity index (χ3v) is 3.00. The molecule has 0 fully saturated rings. The predicted octanol–water partition coefficient (Wildman–Crippen LogP) is 1.82. The number of rotatable bonds is 6. The first-order chi connectivity index (χ1) is 8.88. The summed E-state index contributed by atoms with van der Waals surface area (Å²) in [5.41, 5.74) is 1.57. The second-order valence-electron chi connectivity index (χ2n) is 5.40. The Kier molecular flexibility index (Phi) is 5.36. The van der Waals surface area contributed by atoms with Crippen LogP contribution in [0.5, 0.6) is 5.75 Å². The van der Waals surface area contributed by atoms with Crippen molar-refractivity contribution in [3.63, 3.8) is 0 Å². The Balaban J connectivity index is 2.74. The van der Waals surface area contributed by atoms with E-state index in [1.165, 1.54) is 0 Å². The van der Waals surface area contributed by atoms with Crippen molar-refractivity contribution in [2.45, 2.75) is 39.2 Å². The fourth-order valence-corrected chi connectivity index (χ4v) is 1.98. The molecule has 0 heterocycles. The fourth-order valence-electron chi connectivity index (χ4n) is 1.98. The highest BCUT2D eigenvalue weighted by Gasteiger charge is 2.20. The van der Waals surface area contributed by atoms with Gasteiger partial charge in [-0.3, -0.25) is 4.79 Å². The number of methoxy groups -OCH3 is 1. The molecule has 0 atom stereocenters. The maximum absolute atomic E-state index is 12.0. The first-order valence-electron chi connectivity index (χ1n) is 6.43. The molecule has 4 nitrogen and oxygen atoms in total. The number of hydrogen-bond donors (Lipinski definition) is 2. The monoisotopic (exact) mass is 265 g/mol. The van der Waals surface area contributed by atoms with E-state index in [9.17, 15) is 4.79 Å². The molecule has 0 aliphatic rings. The molecule has 19 heavy (non-hydrogen) atoms. The topological polar surface area (TPSA) is 58.6 Å². The van der Waals surface area contributed by atoms with E-state index in [1.54, 1.807) is 7.11 Å². The minimum atomic E-state index is -0.400. The highest BCUT2D eigenvalue weighted by molar-refractivity contribution is 5.80. The molecule has 0 saturated carbocycles. The zero-order valence-electron chi connectivity index (χ0n) is 12.1. The van der Waals surface area contributed by atoms with Crippen LogP contribution in [0, 0.1) is 6.92 Å². The van der Waals surface area contributed by atoms with Gasteiger partial charge in [0.05, 0.1) is 13.5 Å². The number of ether oxygens (including phenoxy) is 1. The quantitative estimate of drug-likeness (QED) is 0.825. The van der Waals surface area contributed by atoms with Gasteiger partial charge < -0.3 is 15.2 Å². The maximum Gasteiger partial charge on any atom is 0.224 e. The summed E-state index contributed by atoms with van der Waals surface area (Å²) in [5, 5.41) is 11.9. The number of nitrogens with one attached hydrogen (secondary N) is 1. The molecule has 2 N–H and O–H groups in total. The molecule has 0 aromatic heterocycles. The summed E-state index contributed by atoms with van der Waals surface area (Å²) in [6.07, 6.45) is 0.809. The molecule has 0 bridgehead atoms. The molecule has 1 aromatic rings. The minimum absolute atomic E-state index is 0.0566. The molecule has 1 rings (SSSR count). The average Bonchev–Trinajstić information content (AvgIpc) is 2.28. The van der Waals surface area contributed by atoms with E-state index in [0.717, 1.165) is 16.9 Å². The first-order valence-corrected chi connectivity index (χ1v) is 6.43. The maximum atomic E-state index is 12.0. The summed E-state index contributed by atoms with van der Waals surface area (Å²) in [7, 11) is 1.60. The van der Waals surface area contributed by atoms with Crippen LogP contribution in [-0.2, 0) is 11.2 Å². The first kappa shape index (κ1) is 15.5. The van der Waals surface area contributed by atoms with Crippen LogP contribution in [0.2, 0.25) is 0 Å². The lowest BCUT2D eigenvalue weighted by atomic mass is 10.00. The van der Waals surface area contributed by atoms with Crippen molar-refractivity contribution in [3.05, 3.63) is 29.3 Å². The Hall–Kier alpha value is -1.55. The molecule has 1 aromatic carbocycles. The summed E-state index contributed by atoms with van der Waals surface area (Å²) in [4.78, 5) is 12.0. The van der Waals surface area contributed by atoms with E-state index in [1.807, 2.05) is 39.0 Å². The SMILES string of the molecule is COc1ccc(C)cc1CC(=O)NC(C)(C)CCO. The van der Waals surface area contributed by atoms with Gasteiger partial charge in [0, 0.05) is 17.7 Å². The molecule has 0 saturated heterocycles. The van der Waals surface area contributed by atoms with Gasteiger partial charge in [0.1, 0.15) is 5.75 Å². The van der Waals surface area contributed by atoms with Crippen molar-refractivity contribution in [2.24, 2.45) is 0 Å².